The highest BCUT2D eigenvalue weighted by molar-refractivity contribution is 9.10. The number of carbonyl (C=O) groups excluding carboxylic acids is 1. The summed E-state index contributed by atoms with van der Waals surface area (Å²) in [6.45, 7) is 7.51. The molecule has 0 radical (unpaired) electrons. The first-order valence-electron chi connectivity index (χ1n) is 6.51. The Hall–Kier alpha value is -0.940. The summed E-state index contributed by atoms with van der Waals surface area (Å²) in [6.07, 6.45) is 0. The van der Waals surface area contributed by atoms with Crippen LogP contribution in [0.5, 0.6) is 0 Å². The molecule has 1 aliphatic rings. The number of hydrogen-bond donors (Lipinski definition) is 0. The molecule has 1 aromatic carbocycles. The minimum absolute atomic E-state index is 0.0889. The largest absolute Gasteiger partial charge is 0.336 e. The van der Waals surface area contributed by atoms with Crippen LogP contribution in [0.3, 0.4) is 0 Å². The third kappa shape index (κ3) is 3.15. The first kappa shape index (κ1) is 14.5. The van der Waals surface area contributed by atoms with Crippen molar-refractivity contribution in [2.75, 3.05) is 26.2 Å². The number of hydrogen-bond acceptors (Lipinski definition) is 2. The fraction of sp³-hybridized carbons (Fsp3) is 0.500. The average Bonchev–Trinajstić information content (AvgIpc) is 2.41. The molecule has 1 aliphatic heterocycles. The maximum Gasteiger partial charge on any atom is 0.254 e. The lowest BCUT2D eigenvalue weighted by Gasteiger charge is -2.39. The van der Waals surface area contributed by atoms with E-state index >= 15 is 0 Å². The van der Waals surface area contributed by atoms with Gasteiger partial charge < -0.3 is 4.90 Å². The summed E-state index contributed by atoms with van der Waals surface area (Å²) >= 11 is 3.09. The summed E-state index contributed by atoms with van der Waals surface area (Å²) in [7, 11) is 0. The van der Waals surface area contributed by atoms with Gasteiger partial charge in [0.1, 0.15) is 5.82 Å². The van der Waals surface area contributed by atoms with Gasteiger partial charge >= 0.3 is 0 Å². The fourth-order valence-corrected chi connectivity index (χ4v) is 2.71. The number of benzene rings is 1. The van der Waals surface area contributed by atoms with Crippen LogP contribution in [-0.4, -0.2) is 47.9 Å². The Morgan fingerprint density at radius 1 is 1.47 bits per heavy atom. The third-order valence-corrected chi connectivity index (χ3v) is 4.27. The molecule has 0 N–H and O–H groups in total. The van der Waals surface area contributed by atoms with Gasteiger partial charge in [-0.1, -0.05) is 6.92 Å². The zero-order chi connectivity index (χ0) is 14.0. The van der Waals surface area contributed by atoms with Gasteiger partial charge in [-0.15, -0.1) is 0 Å². The molecule has 1 saturated heterocycles. The second-order valence-corrected chi connectivity index (χ2v) is 5.71. The van der Waals surface area contributed by atoms with Crippen LogP contribution >= 0.6 is 15.9 Å². The number of halogens is 2. The van der Waals surface area contributed by atoms with Crippen LogP contribution in [-0.2, 0) is 0 Å². The summed E-state index contributed by atoms with van der Waals surface area (Å²) in [5.41, 5.74) is 0.415. The molecular formula is C14H18BrFN2O. The summed E-state index contributed by atoms with van der Waals surface area (Å²) in [6, 6.07) is 4.88. The van der Waals surface area contributed by atoms with Crippen molar-refractivity contribution in [1.82, 2.24) is 9.80 Å². The Morgan fingerprint density at radius 3 is 2.79 bits per heavy atom. The molecule has 0 aromatic heterocycles. The summed E-state index contributed by atoms with van der Waals surface area (Å²) in [5, 5.41) is 0. The molecule has 0 aliphatic carbocycles. The first-order valence-corrected chi connectivity index (χ1v) is 7.30. The van der Waals surface area contributed by atoms with Crippen LogP contribution in [0.15, 0.2) is 22.7 Å². The second-order valence-electron chi connectivity index (χ2n) is 4.86. The van der Waals surface area contributed by atoms with Gasteiger partial charge in [0, 0.05) is 31.2 Å². The van der Waals surface area contributed by atoms with E-state index in [1.165, 1.54) is 6.07 Å². The molecule has 1 heterocycles. The molecule has 1 unspecified atom stereocenters. The summed E-state index contributed by atoms with van der Waals surface area (Å²) < 4.78 is 13.9. The summed E-state index contributed by atoms with van der Waals surface area (Å²) in [5.74, 6) is -0.486. The van der Waals surface area contributed by atoms with Crippen LogP contribution < -0.4 is 0 Å². The van der Waals surface area contributed by atoms with Gasteiger partial charge in [-0.2, -0.15) is 0 Å². The normalized spacial score (nSPS) is 20.6. The van der Waals surface area contributed by atoms with Gasteiger partial charge in [0.2, 0.25) is 0 Å². The van der Waals surface area contributed by atoms with E-state index in [0.29, 0.717) is 29.2 Å². The molecule has 104 valence electrons. The predicted molar refractivity (Wildman–Crippen MR) is 76.7 cm³/mol. The van der Waals surface area contributed by atoms with E-state index < -0.39 is 5.82 Å². The Kier molecular flexibility index (Phi) is 4.58. The van der Waals surface area contributed by atoms with Gasteiger partial charge in [0.05, 0.1) is 4.47 Å². The highest BCUT2D eigenvalue weighted by atomic mass is 79.9. The van der Waals surface area contributed by atoms with E-state index in [-0.39, 0.29) is 5.91 Å². The van der Waals surface area contributed by atoms with Gasteiger partial charge in [-0.05, 0) is 47.6 Å². The van der Waals surface area contributed by atoms with Crippen LogP contribution in [0.4, 0.5) is 4.39 Å². The molecule has 5 heteroatoms. The lowest BCUT2D eigenvalue weighted by atomic mass is 10.1. The highest BCUT2D eigenvalue weighted by Crippen LogP contribution is 2.19. The highest BCUT2D eigenvalue weighted by Gasteiger charge is 2.26. The monoisotopic (exact) mass is 328 g/mol. The van der Waals surface area contributed by atoms with E-state index in [2.05, 4.69) is 34.7 Å². The lowest BCUT2D eigenvalue weighted by molar-refractivity contribution is 0.0528. The molecule has 0 bridgehead atoms. The van der Waals surface area contributed by atoms with Gasteiger partial charge in [-0.25, -0.2) is 4.39 Å². The number of likely N-dealkylation sites (N-methyl/N-ethyl adjacent to an activating group) is 1. The quantitative estimate of drug-likeness (QED) is 0.833. The van der Waals surface area contributed by atoms with Gasteiger partial charge in [0.15, 0.2) is 0 Å². The SMILES string of the molecule is CCN1CCN(C(=O)c2ccc(Br)c(F)c2)CC1C. The van der Waals surface area contributed by atoms with Crippen molar-refractivity contribution in [3.63, 3.8) is 0 Å². The minimum Gasteiger partial charge on any atom is -0.336 e. The third-order valence-electron chi connectivity index (χ3n) is 3.63. The van der Waals surface area contributed by atoms with Gasteiger partial charge in [0.25, 0.3) is 5.91 Å². The van der Waals surface area contributed by atoms with E-state index in [9.17, 15) is 9.18 Å². The predicted octanol–water partition coefficient (Wildman–Crippen LogP) is 2.75. The van der Waals surface area contributed by atoms with E-state index in [0.717, 1.165) is 13.1 Å². The smallest absolute Gasteiger partial charge is 0.254 e. The standard InChI is InChI=1S/C14H18BrFN2O/c1-3-17-6-7-18(9-10(17)2)14(19)11-4-5-12(15)13(16)8-11/h4-5,8,10H,3,6-7,9H2,1-2H3. The van der Waals surface area contributed by atoms with E-state index in [1.807, 2.05) is 0 Å². The van der Waals surface area contributed by atoms with Crippen LogP contribution in [0.25, 0.3) is 0 Å². The Balaban J connectivity index is 2.10. The Bertz CT molecular complexity index is 481. The molecular weight excluding hydrogens is 311 g/mol. The second kappa shape index (κ2) is 6.01. The van der Waals surface area contributed by atoms with E-state index in [4.69, 9.17) is 0 Å². The molecule has 1 fully saturated rings. The average molecular weight is 329 g/mol. The van der Waals surface area contributed by atoms with E-state index in [1.54, 1.807) is 17.0 Å². The molecule has 1 amide bonds. The molecule has 19 heavy (non-hydrogen) atoms. The number of carbonyl (C=O) groups is 1. The van der Waals surface area contributed by atoms with Crippen molar-refractivity contribution in [3.8, 4) is 0 Å². The molecule has 3 nitrogen and oxygen atoms in total. The maximum absolute atomic E-state index is 13.5. The van der Waals surface area contributed by atoms with Crippen LogP contribution in [0.2, 0.25) is 0 Å². The topological polar surface area (TPSA) is 23.6 Å². The number of amides is 1. The summed E-state index contributed by atoms with van der Waals surface area (Å²) in [4.78, 5) is 16.5. The van der Waals surface area contributed by atoms with Crippen molar-refractivity contribution < 1.29 is 9.18 Å². The van der Waals surface area contributed by atoms with Crippen LogP contribution in [0, 0.1) is 5.82 Å². The Labute approximate surface area is 121 Å². The molecule has 2 rings (SSSR count). The lowest BCUT2D eigenvalue weighted by Crippen LogP contribution is -2.53. The van der Waals surface area contributed by atoms with Crippen molar-refractivity contribution in [1.29, 1.82) is 0 Å². The Morgan fingerprint density at radius 2 is 2.21 bits per heavy atom. The van der Waals surface area contributed by atoms with Crippen LogP contribution in [0.1, 0.15) is 24.2 Å². The number of nitrogens with zero attached hydrogens (tertiary/aromatic N) is 2. The van der Waals surface area contributed by atoms with Crippen molar-refractivity contribution >= 4 is 21.8 Å². The molecule has 0 saturated carbocycles. The molecule has 0 spiro atoms. The van der Waals surface area contributed by atoms with Gasteiger partial charge in [-0.3, -0.25) is 9.69 Å². The zero-order valence-electron chi connectivity index (χ0n) is 11.2. The van der Waals surface area contributed by atoms with Crippen molar-refractivity contribution in [2.45, 2.75) is 19.9 Å². The fourth-order valence-electron chi connectivity index (χ4n) is 2.46. The maximum atomic E-state index is 13.5. The first-order chi connectivity index (χ1) is 9.02. The van der Waals surface area contributed by atoms with Crippen molar-refractivity contribution in [3.05, 3.63) is 34.1 Å². The minimum atomic E-state index is -0.397. The number of piperazine rings is 1. The molecule has 1 aromatic rings. The number of rotatable bonds is 2. The zero-order valence-corrected chi connectivity index (χ0v) is 12.8. The molecule has 1 atom stereocenters. The van der Waals surface area contributed by atoms with Crippen molar-refractivity contribution in [2.24, 2.45) is 0 Å².